The van der Waals surface area contributed by atoms with Crippen LogP contribution in [0.4, 0.5) is 0 Å². The van der Waals surface area contributed by atoms with Gasteiger partial charge < -0.3 is 90.2 Å². The standard InChI is InChI=1S/C52H80N12O15/c1-4-29(2)43(51(77)60-37(11-6-8-22-54)46(72)59-36(10-5-7-21-53)47(73)63-41(28-66)52(78)79)64-50(76)40(27-65)62-49(75)39(25-32-15-19-34(68)20-16-32)61-48(74)38(24-31-13-17-33(67)18-14-31)58-42(69)26-56-44(70)30(3)57-45(71)35-12-9-23-55-35/h13-20,29-30,35-41,43,55,65-68H,4-12,21-28,53-54H2,1-3H3,(H,56,70)(H,57,71)(H,58,69)(H,59,72)(H,60,77)(H,61,74)(H,62,75)(H,63,73)(H,64,76)(H,78,79)/t29-,30+,35-,36-,37-,38-,39-,40-,41-,43-/m0/s1. The summed E-state index contributed by atoms with van der Waals surface area (Å²) in [5, 5.41) is 74.9. The van der Waals surface area contributed by atoms with E-state index in [1.54, 1.807) is 13.8 Å². The van der Waals surface area contributed by atoms with E-state index in [0.29, 0.717) is 56.2 Å². The van der Waals surface area contributed by atoms with Gasteiger partial charge in [-0.2, -0.15) is 0 Å². The zero-order valence-corrected chi connectivity index (χ0v) is 44.9. The molecule has 27 nitrogen and oxygen atoms in total. The summed E-state index contributed by atoms with van der Waals surface area (Å²) in [4.78, 5) is 134. The van der Waals surface area contributed by atoms with Gasteiger partial charge in [0.1, 0.15) is 59.8 Å². The summed E-state index contributed by atoms with van der Waals surface area (Å²) in [6.07, 6.45) is 2.82. The molecule has 0 saturated carbocycles. The van der Waals surface area contributed by atoms with E-state index in [4.69, 9.17) is 11.5 Å². The van der Waals surface area contributed by atoms with Crippen LogP contribution in [-0.4, -0.2) is 178 Å². The maximum atomic E-state index is 14.3. The molecule has 0 aliphatic carbocycles. The molecule has 19 N–H and O–H groups in total. The normalized spacial score (nSPS) is 16.4. The minimum absolute atomic E-state index is 0.0136. The second-order valence-electron chi connectivity index (χ2n) is 19.4. The van der Waals surface area contributed by atoms with Gasteiger partial charge >= 0.3 is 5.97 Å². The highest BCUT2D eigenvalue weighted by Gasteiger charge is 2.36. The van der Waals surface area contributed by atoms with Crippen LogP contribution in [0.3, 0.4) is 0 Å². The molecule has 1 saturated heterocycles. The lowest BCUT2D eigenvalue weighted by Crippen LogP contribution is -2.62. The van der Waals surface area contributed by atoms with E-state index in [0.717, 1.165) is 6.42 Å². The van der Waals surface area contributed by atoms with Crippen molar-refractivity contribution < 1.29 is 73.5 Å². The summed E-state index contributed by atoms with van der Waals surface area (Å²) in [5.74, 6) is -9.81. The maximum absolute atomic E-state index is 14.3. The topological polar surface area (TPSA) is 444 Å². The van der Waals surface area contributed by atoms with E-state index in [1.165, 1.54) is 55.5 Å². The van der Waals surface area contributed by atoms with Crippen LogP contribution >= 0.6 is 0 Å². The molecule has 1 aliphatic rings. The number of carbonyl (C=O) groups is 10. The molecule has 79 heavy (non-hydrogen) atoms. The second-order valence-corrected chi connectivity index (χ2v) is 19.4. The molecular formula is C52H80N12O15. The third-order valence-corrected chi connectivity index (χ3v) is 13.2. The minimum Gasteiger partial charge on any atom is -0.508 e. The van der Waals surface area contributed by atoms with Gasteiger partial charge in [0.05, 0.1) is 25.8 Å². The number of benzene rings is 2. The van der Waals surface area contributed by atoms with Crippen LogP contribution in [0.2, 0.25) is 0 Å². The van der Waals surface area contributed by atoms with Gasteiger partial charge in [-0.1, -0.05) is 44.5 Å². The lowest BCUT2D eigenvalue weighted by atomic mass is 9.96. The van der Waals surface area contributed by atoms with Gasteiger partial charge in [-0.3, -0.25) is 43.2 Å². The number of aliphatic hydroxyl groups is 2. The number of unbranched alkanes of at least 4 members (excludes halogenated alkanes) is 2. The number of nitrogens with one attached hydrogen (secondary N) is 10. The Bertz CT molecular complexity index is 2340. The van der Waals surface area contributed by atoms with Crippen molar-refractivity contribution in [3.05, 3.63) is 59.7 Å². The first-order valence-electron chi connectivity index (χ1n) is 26.5. The lowest BCUT2D eigenvalue weighted by Gasteiger charge is -2.29. The fraction of sp³-hybridized carbons (Fsp3) is 0.577. The van der Waals surface area contributed by atoms with Crippen molar-refractivity contribution in [1.82, 2.24) is 53.2 Å². The fourth-order valence-electron chi connectivity index (χ4n) is 8.22. The van der Waals surface area contributed by atoms with E-state index in [9.17, 15) is 73.5 Å². The second kappa shape index (κ2) is 34.4. The van der Waals surface area contributed by atoms with E-state index in [-0.39, 0.29) is 56.2 Å². The number of phenols is 2. The molecule has 1 fully saturated rings. The lowest BCUT2D eigenvalue weighted by molar-refractivity contribution is -0.143. The van der Waals surface area contributed by atoms with Crippen LogP contribution in [0.25, 0.3) is 0 Å². The zero-order chi connectivity index (χ0) is 58.6. The summed E-state index contributed by atoms with van der Waals surface area (Å²) in [5.41, 5.74) is 12.2. The van der Waals surface area contributed by atoms with Crippen molar-refractivity contribution in [3.63, 3.8) is 0 Å². The number of carboxylic acid groups (broad SMARTS) is 1. The highest BCUT2D eigenvalue weighted by atomic mass is 16.4. The molecule has 1 heterocycles. The molecule has 2 aromatic rings. The first kappa shape index (κ1) is 65.8. The summed E-state index contributed by atoms with van der Waals surface area (Å²) < 4.78 is 0. The van der Waals surface area contributed by atoms with Crippen molar-refractivity contribution in [2.75, 3.05) is 39.4 Å². The number of carbonyl (C=O) groups excluding carboxylic acids is 9. The predicted molar refractivity (Wildman–Crippen MR) is 286 cm³/mol. The Morgan fingerprint density at radius 2 is 1.01 bits per heavy atom. The van der Waals surface area contributed by atoms with E-state index >= 15 is 0 Å². The maximum Gasteiger partial charge on any atom is 0.328 e. The van der Waals surface area contributed by atoms with E-state index in [1.807, 2.05) is 0 Å². The van der Waals surface area contributed by atoms with Crippen molar-refractivity contribution in [3.8, 4) is 11.5 Å². The number of hydrogen-bond donors (Lipinski definition) is 17. The van der Waals surface area contributed by atoms with Crippen LogP contribution in [0.5, 0.6) is 11.5 Å². The average molecular weight is 1110 g/mol. The average Bonchev–Trinajstić information content (AvgIpc) is 3.98. The Kier molecular flexibility index (Phi) is 28.7. The van der Waals surface area contributed by atoms with Gasteiger partial charge in [-0.15, -0.1) is 0 Å². The fourth-order valence-corrected chi connectivity index (χ4v) is 8.22. The number of amides is 9. The Morgan fingerprint density at radius 3 is 1.47 bits per heavy atom. The first-order chi connectivity index (χ1) is 37.6. The van der Waals surface area contributed by atoms with Gasteiger partial charge in [-0.25, -0.2) is 4.79 Å². The van der Waals surface area contributed by atoms with E-state index < -0.39 is 133 Å². The first-order valence-corrected chi connectivity index (χ1v) is 26.5. The highest BCUT2D eigenvalue weighted by Crippen LogP contribution is 2.16. The summed E-state index contributed by atoms with van der Waals surface area (Å²) in [6.45, 7) is 3.36. The van der Waals surface area contributed by atoms with Crippen molar-refractivity contribution in [1.29, 1.82) is 0 Å². The van der Waals surface area contributed by atoms with Crippen LogP contribution in [0.15, 0.2) is 48.5 Å². The quantitative estimate of drug-likeness (QED) is 0.0293. The van der Waals surface area contributed by atoms with Crippen molar-refractivity contribution >= 4 is 59.1 Å². The SMILES string of the molecule is CC[C@H](C)[C@H](NC(=O)[C@H](CO)NC(=O)[C@H](Cc1ccc(O)cc1)NC(=O)[C@H](Cc1ccc(O)cc1)NC(=O)CNC(=O)[C@@H](C)NC(=O)[C@@H]1CCCN1)C(=O)N[C@@H](CCCCN)C(=O)N[C@@H](CCCCN)C(=O)N[C@@H](CO)C(=O)O. The molecule has 0 bridgehead atoms. The Balaban J connectivity index is 1.86. The molecule has 2 aromatic carbocycles. The molecule has 0 aromatic heterocycles. The van der Waals surface area contributed by atoms with Gasteiger partial charge in [-0.05, 0) is 119 Å². The van der Waals surface area contributed by atoms with Crippen LogP contribution in [0, 0.1) is 5.92 Å². The third-order valence-electron chi connectivity index (χ3n) is 13.2. The summed E-state index contributed by atoms with van der Waals surface area (Å²) >= 11 is 0. The Labute approximate surface area is 458 Å². The van der Waals surface area contributed by atoms with Crippen molar-refractivity contribution in [2.45, 2.75) is 146 Å². The predicted octanol–water partition coefficient (Wildman–Crippen LogP) is -3.98. The van der Waals surface area contributed by atoms with Crippen LogP contribution in [0.1, 0.15) is 89.7 Å². The summed E-state index contributed by atoms with van der Waals surface area (Å²) in [7, 11) is 0. The number of nitrogens with two attached hydrogens (primary N) is 2. The van der Waals surface area contributed by atoms with Crippen molar-refractivity contribution in [2.24, 2.45) is 17.4 Å². The molecule has 438 valence electrons. The largest absolute Gasteiger partial charge is 0.508 e. The smallest absolute Gasteiger partial charge is 0.328 e. The number of carboxylic acids is 1. The highest BCUT2D eigenvalue weighted by molar-refractivity contribution is 5.98. The molecule has 0 radical (unpaired) electrons. The molecule has 10 atom stereocenters. The Morgan fingerprint density at radius 1 is 0.570 bits per heavy atom. The molecular weight excluding hydrogens is 1030 g/mol. The molecule has 1 aliphatic heterocycles. The molecule has 3 rings (SSSR count). The van der Waals surface area contributed by atoms with Gasteiger partial charge in [0.2, 0.25) is 53.2 Å². The zero-order valence-electron chi connectivity index (χ0n) is 44.9. The van der Waals surface area contributed by atoms with Crippen LogP contribution < -0.4 is 64.6 Å². The van der Waals surface area contributed by atoms with Gasteiger partial charge in [0.25, 0.3) is 0 Å². The molecule has 27 heteroatoms. The third kappa shape index (κ3) is 22.8. The minimum atomic E-state index is -1.76. The molecule has 0 unspecified atom stereocenters. The van der Waals surface area contributed by atoms with Crippen LogP contribution in [-0.2, 0) is 60.8 Å². The van der Waals surface area contributed by atoms with Gasteiger partial charge in [0.15, 0.2) is 0 Å². The Hall–Kier alpha value is -7.46. The number of aliphatic carboxylic acids is 1. The summed E-state index contributed by atoms with van der Waals surface area (Å²) in [6, 6.07) is -0.611. The van der Waals surface area contributed by atoms with E-state index in [2.05, 4.69) is 53.2 Å². The number of rotatable bonds is 35. The number of hydrogen-bond acceptors (Lipinski definition) is 17. The monoisotopic (exact) mass is 1110 g/mol. The number of aliphatic hydroxyl groups excluding tert-OH is 2. The van der Waals surface area contributed by atoms with Gasteiger partial charge in [0, 0.05) is 12.8 Å². The number of aromatic hydroxyl groups is 2. The molecule has 0 spiro atoms. The molecule has 9 amide bonds. The number of phenolic OH excluding ortho intramolecular Hbond substituents is 2.